The molecule has 0 bridgehead atoms. The number of fused-ring (bicyclic) bond motifs is 1. The van der Waals surface area contributed by atoms with Gasteiger partial charge in [-0.05, 0) is 18.9 Å². The van der Waals surface area contributed by atoms with E-state index in [0.29, 0.717) is 11.1 Å². The van der Waals surface area contributed by atoms with Crippen LogP contribution in [-0.2, 0) is 11.2 Å². The third-order valence-corrected chi connectivity index (χ3v) is 6.17. The Labute approximate surface area is 173 Å². The van der Waals surface area contributed by atoms with Crippen molar-refractivity contribution in [3.63, 3.8) is 0 Å². The number of rotatable bonds is 7. The van der Waals surface area contributed by atoms with Crippen LogP contribution in [0.3, 0.4) is 0 Å². The quantitative estimate of drug-likeness (QED) is 0.447. The average Bonchev–Trinajstić information content (AvgIpc) is 3.32. The van der Waals surface area contributed by atoms with Gasteiger partial charge in [-0.3, -0.25) is 4.79 Å². The van der Waals surface area contributed by atoms with E-state index in [0.717, 1.165) is 59.1 Å². The standard InChI is InChI=1S/C21H24N4O3S/c1-2-17-16(15-10-6-7-11-18(15)28-17)12-22-25-20(14-8-4-3-5-9-14)23-24-21(25)29-13-19(26)27/h6-7,10-12,14H,2-5,8-9,13H2,1H3,(H,26,27). The number of carbonyl (C=O) groups is 1. The van der Waals surface area contributed by atoms with E-state index in [4.69, 9.17) is 14.6 Å². The number of aryl methyl sites for hydroxylation is 1. The van der Waals surface area contributed by atoms with Gasteiger partial charge < -0.3 is 9.52 Å². The molecule has 2 heterocycles. The number of furan rings is 1. The van der Waals surface area contributed by atoms with E-state index in [1.165, 1.54) is 19.3 Å². The molecule has 2 aromatic heterocycles. The molecule has 0 saturated heterocycles. The van der Waals surface area contributed by atoms with Crippen LogP contribution in [0.4, 0.5) is 0 Å². The van der Waals surface area contributed by atoms with Crippen LogP contribution in [0.25, 0.3) is 11.0 Å². The third-order valence-electron chi connectivity index (χ3n) is 5.27. The zero-order valence-corrected chi connectivity index (χ0v) is 17.2. The Morgan fingerprint density at radius 2 is 2.10 bits per heavy atom. The molecular weight excluding hydrogens is 388 g/mol. The van der Waals surface area contributed by atoms with Crippen LogP contribution >= 0.6 is 11.8 Å². The van der Waals surface area contributed by atoms with Crippen molar-refractivity contribution in [2.75, 3.05) is 5.75 Å². The van der Waals surface area contributed by atoms with Crippen LogP contribution in [0.5, 0.6) is 0 Å². The Bertz CT molecular complexity index is 1030. The number of hydrogen-bond acceptors (Lipinski definition) is 6. The first kappa shape index (κ1) is 19.7. The highest BCUT2D eigenvalue weighted by atomic mass is 32.2. The molecule has 29 heavy (non-hydrogen) atoms. The topological polar surface area (TPSA) is 93.5 Å². The highest BCUT2D eigenvalue weighted by Crippen LogP contribution is 2.33. The second-order valence-corrected chi connectivity index (χ2v) is 8.15. The number of carboxylic acids is 1. The van der Waals surface area contributed by atoms with E-state index >= 15 is 0 Å². The molecule has 0 aliphatic heterocycles. The van der Waals surface area contributed by atoms with E-state index in [9.17, 15) is 4.79 Å². The Kier molecular flexibility index (Phi) is 5.99. The molecule has 4 rings (SSSR count). The summed E-state index contributed by atoms with van der Waals surface area (Å²) in [6, 6.07) is 7.91. The molecule has 0 atom stereocenters. The number of aliphatic carboxylic acids is 1. The first-order valence-corrected chi connectivity index (χ1v) is 11.0. The zero-order valence-electron chi connectivity index (χ0n) is 16.4. The van der Waals surface area contributed by atoms with Gasteiger partial charge in [0.2, 0.25) is 5.16 Å². The molecule has 1 fully saturated rings. The molecular formula is C21H24N4O3S. The molecule has 0 unspecified atom stereocenters. The lowest BCUT2D eigenvalue weighted by Gasteiger charge is -2.20. The van der Waals surface area contributed by atoms with E-state index < -0.39 is 5.97 Å². The molecule has 0 amide bonds. The summed E-state index contributed by atoms with van der Waals surface area (Å²) >= 11 is 1.14. The van der Waals surface area contributed by atoms with Crippen molar-refractivity contribution in [2.24, 2.45) is 5.10 Å². The smallest absolute Gasteiger partial charge is 0.313 e. The maximum Gasteiger partial charge on any atom is 0.313 e. The lowest BCUT2D eigenvalue weighted by Crippen LogP contribution is -2.11. The predicted molar refractivity (Wildman–Crippen MR) is 113 cm³/mol. The summed E-state index contributed by atoms with van der Waals surface area (Å²) in [5.41, 5.74) is 1.78. The molecule has 1 saturated carbocycles. The number of hydrogen-bond donors (Lipinski definition) is 1. The van der Waals surface area contributed by atoms with Gasteiger partial charge in [0.25, 0.3) is 0 Å². The summed E-state index contributed by atoms with van der Waals surface area (Å²) in [5, 5.41) is 23.9. The molecule has 1 aliphatic carbocycles. The van der Waals surface area contributed by atoms with Crippen LogP contribution in [-0.4, -0.2) is 37.9 Å². The number of para-hydroxylation sites is 1. The SMILES string of the molecule is CCc1oc2ccccc2c1C=Nn1c(SCC(=O)O)nnc1C1CCCCC1. The summed E-state index contributed by atoms with van der Waals surface area (Å²) in [7, 11) is 0. The lowest BCUT2D eigenvalue weighted by molar-refractivity contribution is -0.133. The monoisotopic (exact) mass is 412 g/mol. The van der Waals surface area contributed by atoms with Crippen LogP contribution in [0.1, 0.15) is 62.1 Å². The van der Waals surface area contributed by atoms with Gasteiger partial charge in [-0.15, -0.1) is 10.2 Å². The molecule has 0 radical (unpaired) electrons. The van der Waals surface area contributed by atoms with Crippen molar-refractivity contribution in [3.05, 3.63) is 41.4 Å². The van der Waals surface area contributed by atoms with Crippen LogP contribution in [0.2, 0.25) is 0 Å². The zero-order chi connectivity index (χ0) is 20.2. The van der Waals surface area contributed by atoms with Crippen molar-refractivity contribution < 1.29 is 14.3 Å². The van der Waals surface area contributed by atoms with Crippen LogP contribution in [0.15, 0.2) is 38.9 Å². The van der Waals surface area contributed by atoms with E-state index in [-0.39, 0.29) is 5.75 Å². The average molecular weight is 413 g/mol. The number of benzene rings is 1. The van der Waals surface area contributed by atoms with Gasteiger partial charge in [0.1, 0.15) is 11.3 Å². The molecule has 1 aliphatic rings. The fourth-order valence-corrected chi connectivity index (χ4v) is 4.47. The Hall–Kier alpha value is -2.61. The van der Waals surface area contributed by atoms with Gasteiger partial charge in [-0.25, -0.2) is 0 Å². The Morgan fingerprint density at radius 3 is 2.86 bits per heavy atom. The number of thioether (sulfide) groups is 1. The summed E-state index contributed by atoms with van der Waals surface area (Å²) in [6.45, 7) is 2.05. The normalized spacial score (nSPS) is 15.5. The van der Waals surface area contributed by atoms with Crippen molar-refractivity contribution in [2.45, 2.75) is 56.5 Å². The molecule has 0 spiro atoms. The largest absolute Gasteiger partial charge is 0.481 e. The minimum atomic E-state index is -0.887. The van der Waals surface area contributed by atoms with Crippen molar-refractivity contribution >= 4 is 34.9 Å². The fourth-order valence-electron chi connectivity index (χ4n) is 3.85. The molecule has 152 valence electrons. The molecule has 1 aromatic carbocycles. The Morgan fingerprint density at radius 1 is 1.31 bits per heavy atom. The maximum absolute atomic E-state index is 11.0. The lowest BCUT2D eigenvalue weighted by atomic mass is 9.89. The minimum absolute atomic E-state index is 0.0762. The van der Waals surface area contributed by atoms with Gasteiger partial charge in [-0.2, -0.15) is 9.78 Å². The van der Waals surface area contributed by atoms with Crippen LogP contribution < -0.4 is 0 Å². The minimum Gasteiger partial charge on any atom is -0.481 e. The van der Waals surface area contributed by atoms with Gasteiger partial charge in [0.05, 0.1) is 12.0 Å². The predicted octanol–water partition coefficient (Wildman–Crippen LogP) is 4.69. The molecule has 7 nitrogen and oxygen atoms in total. The van der Waals surface area contributed by atoms with Crippen LogP contribution in [0, 0.1) is 0 Å². The van der Waals surface area contributed by atoms with Gasteiger partial charge in [0, 0.05) is 23.3 Å². The van der Waals surface area contributed by atoms with Crippen molar-refractivity contribution in [1.29, 1.82) is 0 Å². The van der Waals surface area contributed by atoms with Crippen molar-refractivity contribution in [1.82, 2.24) is 14.9 Å². The van der Waals surface area contributed by atoms with Gasteiger partial charge in [-0.1, -0.05) is 56.1 Å². The first-order valence-electron chi connectivity index (χ1n) is 10.0. The number of aromatic nitrogens is 3. The molecule has 3 aromatic rings. The second-order valence-electron chi connectivity index (χ2n) is 7.20. The van der Waals surface area contributed by atoms with E-state index in [1.807, 2.05) is 24.3 Å². The summed E-state index contributed by atoms with van der Waals surface area (Å²) in [6.07, 6.45) is 8.27. The second kappa shape index (κ2) is 8.82. The maximum atomic E-state index is 11.0. The number of nitrogens with zero attached hydrogens (tertiary/aromatic N) is 4. The van der Waals surface area contributed by atoms with E-state index in [2.05, 4.69) is 17.1 Å². The summed E-state index contributed by atoms with van der Waals surface area (Å²) < 4.78 is 7.69. The Balaban J connectivity index is 1.73. The molecule has 1 N–H and O–H groups in total. The summed E-state index contributed by atoms with van der Waals surface area (Å²) in [5.74, 6) is 1.04. The van der Waals surface area contributed by atoms with E-state index in [1.54, 1.807) is 10.9 Å². The first-order chi connectivity index (χ1) is 14.2. The molecule has 8 heteroatoms. The number of carboxylic acid groups (broad SMARTS) is 1. The highest BCUT2D eigenvalue weighted by Gasteiger charge is 2.24. The third kappa shape index (κ3) is 4.22. The summed E-state index contributed by atoms with van der Waals surface area (Å²) in [4.78, 5) is 11.0. The fraction of sp³-hybridized carbons (Fsp3) is 0.429. The van der Waals surface area contributed by atoms with Crippen molar-refractivity contribution in [3.8, 4) is 0 Å². The van der Waals surface area contributed by atoms with Gasteiger partial charge in [0.15, 0.2) is 5.82 Å². The van der Waals surface area contributed by atoms with Gasteiger partial charge >= 0.3 is 5.97 Å². The highest BCUT2D eigenvalue weighted by molar-refractivity contribution is 7.99.